The Balaban J connectivity index is 1.96. The van der Waals surface area contributed by atoms with E-state index >= 15 is 0 Å². The van der Waals surface area contributed by atoms with Gasteiger partial charge in [-0.05, 0) is 43.5 Å². The Labute approximate surface area is 120 Å². The molecule has 1 heterocycles. The van der Waals surface area contributed by atoms with Crippen molar-refractivity contribution in [3.63, 3.8) is 0 Å². The maximum atomic E-state index is 6.57. The van der Waals surface area contributed by atoms with Gasteiger partial charge in [0.2, 0.25) is 0 Å². The fourth-order valence-electron chi connectivity index (χ4n) is 3.40. The number of pyridine rings is 1. The second-order valence-electron chi connectivity index (χ2n) is 5.64. The van der Waals surface area contributed by atoms with Crippen LogP contribution in [0.1, 0.15) is 44.2 Å². The smallest absolute Gasteiger partial charge is 0.0874 e. The summed E-state index contributed by atoms with van der Waals surface area (Å²) in [5, 5.41) is 1.14. The molecule has 1 aliphatic rings. The van der Waals surface area contributed by atoms with Crippen LogP contribution in [0.5, 0.6) is 0 Å². The summed E-state index contributed by atoms with van der Waals surface area (Å²) in [7, 11) is 0. The molecule has 0 saturated heterocycles. The van der Waals surface area contributed by atoms with Gasteiger partial charge in [-0.2, -0.15) is 0 Å². The number of benzene rings is 1. The molecule has 20 heavy (non-hydrogen) atoms. The summed E-state index contributed by atoms with van der Waals surface area (Å²) in [5.74, 6) is 0. The number of nitrogens with two attached hydrogens (primary N) is 1. The second-order valence-corrected chi connectivity index (χ2v) is 5.64. The standard InChI is InChI=1S/C17H22N2O/c1-2-20-17(9-3-4-10-17)16(18)14-7-8-15-13(12-14)6-5-11-19-15/h5-8,11-12,16H,2-4,9-10,18H2,1H3. The van der Waals surface area contributed by atoms with Crippen molar-refractivity contribution in [2.75, 3.05) is 6.61 Å². The largest absolute Gasteiger partial charge is 0.373 e. The maximum absolute atomic E-state index is 6.57. The van der Waals surface area contributed by atoms with Gasteiger partial charge in [-0.3, -0.25) is 4.98 Å². The number of aromatic nitrogens is 1. The molecular weight excluding hydrogens is 248 g/mol. The summed E-state index contributed by atoms with van der Waals surface area (Å²) in [4.78, 5) is 4.36. The van der Waals surface area contributed by atoms with E-state index in [2.05, 4.69) is 36.2 Å². The first-order valence-corrected chi connectivity index (χ1v) is 7.49. The highest BCUT2D eigenvalue weighted by Crippen LogP contribution is 2.42. The monoisotopic (exact) mass is 270 g/mol. The minimum Gasteiger partial charge on any atom is -0.373 e. The Morgan fingerprint density at radius 3 is 2.85 bits per heavy atom. The van der Waals surface area contributed by atoms with Crippen LogP contribution < -0.4 is 5.73 Å². The van der Waals surface area contributed by atoms with E-state index in [4.69, 9.17) is 10.5 Å². The predicted molar refractivity (Wildman–Crippen MR) is 81.5 cm³/mol. The average molecular weight is 270 g/mol. The molecule has 106 valence electrons. The van der Waals surface area contributed by atoms with Crippen LogP contribution in [0.15, 0.2) is 36.5 Å². The van der Waals surface area contributed by atoms with Crippen molar-refractivity contribution in [3.05, 3.63) is 42.1 Å². The molecule has 1 aromatic carbocycles. The molecule has 0 radical (unpaired) electrons. The third-order valence-electron chi connectivity index (χ3n) is 4.43. The Kier molecular flexibility index (Phi) is 3.72. The van der Waals surface area contributed by atoms with Gasteiger partial charge in [0.15, 0.2) is 0 Å². The van der Waals surface area contributed by atoms with E-state index in [1.54, 1.807) is 0 Å². The van der Waals surface area contributed by atoms with Crippen LogP contribution in [0, 0.1) is 0 Å². The van der Waals surface area contributed by atoms with Crippen LogP contribution in [-0.4, -0.2) is 17.2 Å². The van der Waals surface area contributed by atoms with Gasteiger partial charge in [0.05, 0.1) is 17.2 Å². The lowest BCUT2D eigenvalue weighted by molar-refractivity contribution is -0.0536. The lowest BCUT2D eigenvalue weighted by Crippen LogP contribution is -2.41. The third kappa shape index (κ3) is 2.32. The Bertz CT molecular complexity index is 590. The topological polar surface area (TPSA) is 48.1 Å². The lowest BCUT2D eigenvalue weighted by atomic mass is 9.87. The van der Waals surface area contributed by atoms with E-state index in [1.165, 1.54) is 12.8 Å². The second kappa shape index (κ2) is 5.51. The number of nitrogens with zero attached hydrogens (tertiary/aromatic N) is 1. The van der Waals surface area contributed by atoms with Gasteiger partial charge in [0, 0.05) is 18.2 Å². The molecule has 0 spiro atoms. The van der Waals surface area contributed by atoms with Crippen molar-refractivity contribution in [1.82, 2.24) is 4.98 Å². The SMILES string of the molecule is CCOC1(C(N)c2ccc3ncccc3c2)CCCC1. The van der Waals surface area contributed by atoms with Crippen LogP contribution in [0.3, 0.4) is 0 Å². The number of rotatable bonds is 4. The summed E-state index contributed by atoms with van der Waals surface area (Å²) >= 11 is 0. The maximum Gasteiger partial charge on any atom is 0.0874 e. The summed E-state index contributed by atoms with van der Waals surface area (Å²) in [6, 6.07) is 10.3. The Morgan fingerprint density at radius 1 is 1.30 bits per heavy atom. The summed E-state index contributed by atoms with van der Waals surface area (Å²) in [6.07, 6.45) is 6.37. The number of ether oxygens (including phenoxy) is 1. The Hall–Kier alpha value is -1.45. The minimum absolute atomic E-state index is 0.0606. The van der Waals surface area contributed by atoms with Gasteiger partial charge < -0.3 is 10.5 Å². The van der Waals surface area contributed by atoms with Crippen LogP contribution in [0.2, 0.25) is 0 Å². The van der Waals surface area contributed by atoms with Crippen molar-refractivity contribution in [2.24, 2.45) is 5.73 Å². The summed E-state index contributed by atoms with van der Waals surface area (Å²) in [5.41, 5.74) is 8.56. The minimum atomic E-state index is -0.176. The molecule has 3 heteroatoms. The highest BCUT2D eigenvalue weighted by Gasteiger charge is 2.41. The van der Waals surface area contributed by atoms with Crippen LogP contribution in [0.4, 0.5) is 0 Å². The zero-order valence-electron chi connectivity index (χ0n) is 12.0. The zero-order valence-corrected chi connectivity index (χ0v) is 12.0. The van der Waals surface area contributed by atoms with E-state index in [1.807, 2.05) is 12.3 Å². The number of hydrogen-bond acceptors (Lipinski definition) is 3. The molecule has 1 atom stereocenters. The molecule has 0 amide bonds. The quantitative estimate of drug-likeness (QED) is 0.923. The molecule has 2 N–H and O–H groups in total. The van der Waals surface area contributed by atoms with E-state index in [9.17, 15) is 0 Å². The molecule has 1 saturated carbocycles. The summed E-state index contributed by atoms with van der Waals surface area (Å²) in [6.45, 7) is 2.78. The van der Waals surface area contributed by atoms with Gasteiger partial charge in [-0.1, -0.05) is 25.0 Å². The van der Waals surface area contributed by atoms with Gasteiger partial charge in [0.25, 0.3) is 0 Å². The highest BCUT2D eigenvalue weighted by molar-refractivity contribution is 5.79. The van der Waals surface area contributed by atoms with Gasteiger partial charge in [-0.15, -0.1) is 0 Å². The van der Waals surface area contributed by atoms with Crippen molar-refractivity contribution in [1.29, 1.82) is 0 Å². The number of hydrogen-bond donors (Lipinski definition) is 1. The van der Waals surface area contributed by atoms with Crippen molar-refractivity contribution < 1.29 is 4.74 Å². The number of fused-ring (bicyclic) bond motifs is 1. The summed E-state index contributed by atoms with van der Waals surface area (Å²) < 4.78 is 6.08. The molecule has 0 bridgehead atoms. The molecular formula is C17H22N2O. The predicted octanol–water partition coefficient (Wildman–Crippen LogP) is 3.58. The van der Waals surface area contributed by atoms with E-state index in [0.717, 1.165) is 35.9 Å². The lowest BCUT2D eigenvalue weighted by Gasteiger charge is -2.35. The van der Waals surface area contributed by atoms with E-state index in [0.29, 0.717) is 0 Å². The van der Waals surface area contributed by atoms with Crippen LogP contribution in [0.25, 0.3) is 10.9 Å². The highest BCUT2D eigenvalue weighted by atomic mass is 16.5. The fourth-order valence-corrected chi connectivity index (χ4v) is 3.40. The normalized spacial score (nSPS) is 19.3. The van der Waals surface area contributed by atoms with Gasteiger partial charge in [0.1, 0.15) is 0 Å². The fraction of sp³-hybridized carbons (Fsp3) is 0.471. The van der Waals surface area contributed by atoms with Crippen molar-refractivity contribution in [2.45, 2.75) is 44.2 Å². The first-order chi connectivity index (χ1) is 9.75. The van der Waals surface area contributed by atoms with Gasteiger partial charge in [-0.25, -0.2) is 0 Å². The molecule has 3 nitrogen and oxygen atoms in total. The van der Waals surface area contributed by atoms with E-state index in [-0.39, 0.29) is 11.6 Å². The van der Waals surface area contributed by atoms with E-state index < -0.39 is 0 Å². The van der Waals surface area contributed by atoms with Crippen LogP contribution >= 0.6 is 0 Å². The average Bonchev–Trinajstić information content (AvgIpc) is 2.96. The molecule has 1 fully saturated rings. The molecule has 2 aromatic rings. The first-order valence-electron chi connectivity index (χ1n) is 7.49. The molecule has 1 aromatic heterocycles. The first kappa shape index (κ1) is 13.5. The molecule has 1 aliphatic carbocycles. The van der Waals surface area contributed by atoms with Crippen LogP contribution in [-0.2, 0) is 4.74 Å². The van der Waals surface area contributed by atoms with Gasteiger partial charge >= 0.3 is 0 Å². The molecule has 0 aliphatic heterocycles. The molecule has 1 unspecified atom stereocenters. The third-order valence-corrected chi connectivity index (χ3v) is 4.43. The zero-order chi connectivity index (χ0) is 14.0. The van der Waals surface area contributed by atoms with Crippen molar-refractivity contribution >= 4 is 10.9 Å². The van der Waals surface area contributed by atoms with Crippen molar-refractivity contribution in [3.8, 4) is 0 Å². The molecule has 3 rings (SSSR count). The Morgan fingerprint density at radius 2 is 2.10 bits per heavy atom.